The van der Waals surface area contributed by atoms with E-state index >= 15 is 0 Å². The molecule has 0 aromatic heterocycles. The van der Waals surface area contributed by atoms with Crippen LogP contribution in [0.4, 0.5) is 0 Å². The molecule has 1 aliphatic heterocycles. The quantitative estimate of drug-likeness (QED) is 0.501. The van der Waals surface area contributed by atoms with Crippen molar-refractivity contribution in [2.75, 3.05) is 6.54 Å². The van der Waals surface area contributed by atoms with E-state index in [2.05, 4.69) is 5.32 Å². The highest BCUT2D eigenvalue weighted by atomic mass is 16.3. The first-order valence-corrected chi connectivity index (χ1v) is 3.15. The molecule has 0 aliphatic carbocycles. The van der Waals surface area contributed by atoms with Crippen LogP contribution >= 0.6 is 0 Å². The normalized spacial score (nSPS) is 30.0. The fraction of sp³-hybridized carbons (Fsp3) is 0.833. The minimum Gasteiger partial charge on any atom is -0.393 e. The largest absolute Gasteiger partial charge is 0.393 e. The summed E-state index contributed by atoms with van der Waals surface area (Å²) in [5, 5.41) is 11.6. The molecule has 1 rings (SSSR count). The molecule has 1 unspecified atom stereocenters. The van der Waals surface area contributed by atoms with E-state index in [9.17, 15) is 4.79 Å². The summed E-state index contributed by atoms with van der Waals surface area (Å²) in [4.78, 5) is 10.5. The number of hydrogen-bond donors (Lipinski definition) is 2. The molecule has 0 aromatic rings. The molecule has 9 heavy (non-hydrogen) atoms. The molecule has 0 saturated carbocycles. The molecule has 0 aromatic carbocycles. The molecule has 2 atom stereocenters. The fourth-order valence-electron chi connectivity index (χ4n) is 0.969. The van der Waals surface area contributed by atoms with Crippen LogP contribution in [-0.4, -0.2) is 23.7 Å². The van der Waals surface area contributed by atoms with Crippen LogP contribution in [-0.2, 0) is 4.79 Å². The maximum atomic E-state index is 10.5. The molecule has 1 amide bonds. The van der Waals surface area contributed by atoms with E-state index in [1.165, 1.54) is 0 Å². The molecule has 2 N–H and O–H groups in total. The van der Waals surface area contributed by atoms with Gasteiger partial charge in [0.2, 0.25) is 5.91 Å². The van der Waals surface area contributed by atoms with Gasteiger partial charge < -0.3 is 10.4 Å². The molecule has 0 radical (unpaired) electrons. The number of aliphatic hydroxyl groups is 1. The maximum Gasteiger partial charge on any atom is 0.220 e. The van der Waals surface area contributed by atoms with E-state index in [1.807, 2.05) is 0 Å². The van der Waals surface area contributed by atoms with Gasteiger partial charge in [-0.25, -0.2) is 0 Å². The second-order valence-electron chi connectivity index (χ2n) is 2.51. The highest BCUT2D eigenvalue weighted by molar-refractivity contribution is 5.78. The van der Waals surface area contributed by atoms with Crippen LogP contribution in [0.2, 0.25) is 0 Å². The third-order valence-corrected chi connectivity index (χ3v) is 1.69. The molecule has 52 valence electrons. The molecule has 0 bridgehead atoms. The van der Waals surface area contributed by atoms with E-state index in [-0.39, 0.29) is 17.9 Å². The Morgan fingerprint density at radius 2 is 2.56 bits per heavy atom. The molecule has 1 fully saturated rings. The number of aliphatic hydroxyl groups excluding tert-OH is 1. The second-order valence-corrected chi connectivity index (χ2v) is 2.51. The molecule has 3 nitrogen and oxygen atoms in total. The van der Waals surface area contributed by atoms with Crippen molar-refractivity contribution in [1.82, 2.24) is 5.32 Å². The van der Waals surface area contributed by atoms with Gasteiger partial charge in [0.25, 0.3) is 0 Å². The Morgan fingerprint density at radius 1 is 1.89 bits per heavy atom. The summed E-state index contributed by atoms with van der Waals surface area (Å²) >= 11 is 0. The van der Waals surface area contributed by atoms with Crippen LogP contribution < -0.4 is 5.32 Å². The Hall–Kier alpha value is -0.570. The molecule has 0 spiro atoms. The first-order chi connectivity index (χ1) is 4.20. The van der Waals surface area contributed by atoms with Crippen molar-refractivity contribution in [3.05, 3.63) is 0 Å². The van der Waals surface area contributed by atoms with Crippen molar-refractivity contribution in [3.8, 4) is 0 Å². The van der Waals surface area contributed by atoms with Gasteiger partial charge in [-0.05, 0) is 6.92 Å². The molecule has 3 heteroatoms. The number of hydrogen-bond acceptors (Lipinski definition) is 2. The topological polar surface area (TPSA) is 49.3 Å². The van der Waals surface area contributed by atoms with Crippen LogP contribution in [0.25, 0.3) is 0 Å². The van der Waals surface area contributed by atoms with Gasteiger partial charge in [-0.15, -0.1) is 0 Å². The van der Waals surface area contributed by atoms with Crippen LogP contribution in [0.1, 0.15) is 13.3 Å². The Morgan fingerprint density at radius 3 is 2.78 bits per heavy atom. The van der Waals surface area contributed by atoms with Gasteiger partial charge in [0.15, 0.2) is 0 Å². The van der Waals surface area contributed by atoms with Crippen molar-refractivity contribution >= 4 is 5.91 Å². The maximum absolute atomic E-state index is 10.5. The molecular formula is C6H11NO2. The molecule has 1 saturated heterocycles. The molecule has 1 aliphatic rings. The van der Waals surface area contributed by atoms with Gasteiger partial charge in [-0.3, -0.25) is 4.79 Å². The van der Waals surface area contributed by atoms with E-state index < -0.39 is 0 Å². The zero-order valence-electron chi connectivity index (χ0n) is 5.42. The van der Waals surface area contributed by atoms with Gasteiger partial charge >= 0.3 is 0 Å². The third-order valence-electron chi connectivity index (χ3n) is 1.69. The van der Waals surface area contributed by atoms with E-state index in [0.717, 1.165) is 0 Å². The van der Waals surface area contributed by atoms with Crippen LogP contribution in [0.3, 0.4) is 0 Å². The SMILES string of the molecule is C[C@@H](O)C1CNC(=O)C1. The Bertz CT molecular complexity index is 122. The van der Waals surface area contributed by atoms with Gasteiger partial charge in [0.05, 0.1) is 6.10 Å². The van der Waals surface area contributed by atoms with Crippen molar-refractivity contribution in [2.24, 2.45) is 5.92 Å². The monoisotopic (exact) mass is 129 g/mol. The predicted molar refractivity (Wildman–Crippen MR) is 32.8 cm³/mol. The summed E-state index contributed by atoms with van der Waals surface area (Å²) in [6, 6.07) is 0. The van der Waals surface area contributed by atoms with Gasteiger partial charge in [-0.1, -0.05) is 0 Å². The van der Waals surface area contributed by atoms with Crippen molar-refractivity contribution < 1.29 is 9.90 Å². The smallest absolute Gasteiger partial charge is 0.220 e. The first kappa shape index (κ1) is 6.55. The van der Waals surface area contributed by atoms with Crippen molar-refractivity contribution in [1.29, 1.82) is 0 Å². The van der Waals surface area contributed by atoms with Crippen LogP contribution in [0.15, 0.2) is 0 Å². The molecular weight excluding hydrogens is 118 g/mol. The lowest BCUT2D eigenvalue weighted by Crippen LogP contribution is -2.19. The highest BCUT2D eigenvalue weighted by Crippen LogP contribution is 2.12. The minimum absolute atomic E-state index is 0.0564. The van der Waals surface area contributed by atoms with E-state index in [0.29, 0.717) is 13.0 Å². The highest BCUT2D eigenvalue weighted by Gasteiger charge is 2.24. The summed E-state index contributed by atoms with van der Waals surface area (Å²) in [6.45, 7) is 2.35. The summed E-state index contributed by atoms with van der Waals surface area (Å²) in [7, 11) is 0. The Balaban J connectivity index is 2.39. The van der Waals surface area contributed by atoms with Crippen LogP contribution in [0, 0.1) is 5.92 Å². The van der Waals surface area contributed by atoms with Gasteiger partial charge in [-0.2, -0.15) is 0 Å². The Kier molecular flexibility index (Phi) is 1.71. The number of nitrogens with one attached hydrogen (secondary N) is 1. The molecule has 1 heterocycles. The van der Waals surface area contributed by atoms with Crippen molar-refractivity contribution in [3.63, 3.8) is 0 Å². The third kappa shape index (κ3) is 1.42. The van der Waals surface area contributed by atoms with E-state index in [1.54, 1.807) is 6.92 Å². The second kappa shape index (κ2) is 2.35. The predicted octanol–water partition coefficient (Wildman–Crippen LogP) is -0.497. The fourth-order valence-corrected chi connectivity index (χ4v) is 0.969. The lowest BCUT2D eigenvalue weighted by Gasteiger charge is -2.08. The minimum atomic E-state index is -0.357. The van der Waals surface area contributed by atoms with Gasteiger partial charge in [0.1, 0.15) is 0 Å². The average Bonchev–Trinajstić information content (AvgIpc) is 2.14. The van der Waals surface area contributed by atoms with Gasteiger partial charge in [0, 0.05) is 18.9 Å². The summed E-state index contributed by atoms with van der Waals surface area (Å²) < 4.78 is 0. The summed E-state index contributed by atoms with van der Waals surface area (Å²) in [5.41, 5.74) is 0. The zero-order valence-corrected chi connectivity index (χ0v) is 5.42. The number of amides is 1. The number of rotatable bonds is 1. The first-order valence-electron chi connectivity index (χ1n) is 3.15. The summed E-state index contributed by atoms with van der Waals surface area (Å²) in [6.07, 6.45) is 0.126. The number of carbonyl (C=O) groups excluding carboxylic acids is 1. The van der Waals surface area contributed by atoms with E-state index in [4.69, 9.17) is 5.11 Å². The summed E-state index contributed by atoms with van der Waals surface area (Å²) in [5.74, 6) is 0.193. The van der Waals surface area contributed by atoms with Crippen LogP contribution in [0.5, 0.6) is 0 Å². The zero-order chi connectivity index (χ0) is 6.85. The lowest BCUT2D eigenvalue weighted by atomic mass is 10.0. The van der Waals surface area contributed by atoms with Crippen molar-refractivity contribution in [2.45, 2.75) is 19.4 Å². The Labute approximate surface area is 54.1 Å². The average molecular weight is 129 g/mol. The lowest BCUT2D eigenvalue weighted by molar-refractivity contribution is -0.119. The standard InChI is InChI=1S/C6H11NO2/c1-4(8)5-2-6(9)7-3-5/h4-5,8H,2-3H2,1H3,(H,7,9)/t4-,5?/m1/s1. The number of carbonyl (C=O) groups is 1.